The number of rotatable bonds is 2. The molecule has 0 bridgehead atoms. The van der Waals surface area contributed by atoms with E-state index in [-0.39, 0.29) is 12.1 Å². The van der Waals surface area contributed by atoms with Crippen molar-refractivity contribution in [2.45, 2.75) is 12.1 Å². The Bertz CT molecular complexity index is 1180. The maximum absolute atomic E-state index is 6.54. The van der Waals surface area contributed by atoms with Crippen molar-refractivity contribution < 1.29 is 4.74 Å². The van der Waals surface area contributed by atoms with Crippen LogP contribution < -0.4 is 10.1 Å². The van der Waals surface area contributed by atoms with Crippen molar-refractivity contribution in [3.63, 3.8) is 0 Å². The largest absolute Gasteiger partial charge is 0.480 e. The Morgan fingerprint density at radius 2 is 1.82 bits per heavy atom. The fraction of sp³-hybridized carbons (Fsp3) is 0.0909. The molecule has 2 aliphatic rings. The van der Waals surface area contributed by atoms with Crippen molar-refractivity contribution in [1.82, 2.24) is 14.8 Å². The van der Waals surface area contributed by atoms with Crippen molar-refractivity contribution in [2.24, 2.45) is 0 Å². The van der Waals surface area contributed by atoms with Gasteiger partial charge in [0.2, 0.25) is 5.95 Å². The molecule has 6 rings (SSSR count). The fourth-order valence-corrected chi connectivity index (χ4v) is 4.82. The third-order valence-corrected chi connectivity index (χ3v) is 6.15. The normalized spacial score (nSPS) is 19.9. The van der Waals surface area contributed by atoms with Gasteiger partial charge >= 0.3 is 0 Å². The van der Waals surface area contributed by atoms with E-state index in [9.17, 15) is 0 Å². The number of hydrogen-bond acceptors (Lipinski definition) is 5. The Hall–Kier alpha value is -3.38. The molecule has 0 radical (unpaired) electrons. The Morgan fingerprint density at radius 3 is 2.68 bits per heavy atom. The highest BCUT2D eigenvalue weighted by Gasteiger charge is 2.41. The third kappa shape index (κ3) is 2.25. The predicted octanol–water partition coefficient (Wildman–Crippen LogP) is 4.90. The molecule has 2 aliphatic heterocycles. The van der Waals surface area contributed by atoms with E-state index < -0.39 is 0 Å². The second kappa shape index (κ2) is 6.07. The molecule has 4 heterocycles. The second-order valence-electron chi connectivity index (χ2n) is 6.81. The van der Waals surface area contributed by atoms with E-state index in [2.05, 4.69) is 63.2 Å². The van der Waals surface area contributed by atoms with Crippen molar-refractivity contribution >= 4 is 23.0 Å². The number of hydrogen-bond donors (Lipinski definition) is 1. The van der Waals surface area contributed by atoms with Crippen LogP contribution in [0.15, 0.2) is 84.0 Å². The highest BCUT2D eigenvalue weighted by Crippen LogP contribution is 2.51. The summed E-state index contributed by atoms with van der Waals surface area (Å²) in [4.78, 5) is 5.63. The van der Waals surface area contributed by atoms with Crippen molar-refractivity contribution in [2.75, 3.05) is 5.32 Å². The molecule has 5 nitrogen and oxygen atoms in total. The average Bonchev–Trinajstić information content (AvgIpc) is 3.44. The monoisotopic (exact) mass is 384 g/mol. The van der Waals surface area contributed by atoms with Crippen LogP contribution in [0.2, 0.25) is 0 Å². The van der Waals surface area contributed by atoms with Gasteiger partial charge < -0.3 is 10.1 Å². The number of nitrogens with zero attached hydrogens (tertiary/aromatic N) is 3. The lowest BCUT2D eigenvalue weighted by Crippen LogP contribution is -2.32. The van der Waals surface area contributed by atoms with Crippen molar-refractivity contribution in [3.05, 3.63) is 100 Å². The first kappa shape index (κ1) is 15.7. The number of anilines is 1. The van der Waals surface area contributed by atoms with Crippen LogP contribution in [-0.4, -0.2) is 14.8 Å². The maximum Gasteiger partial charge on any atom is 0.226 e. The van der Waals surface area contributed by atoms with Gasteiger partial charge in [-0.1, -0.05) is 48.5 Å². The number of aromatic nitrogens is 3. The topological polar surface area (TPSA) is 52.0 Å². The fourth-order valence-electron chi connectivity index (χ4n) is 4.05. The van der Waals surface area contributed by atoms with Crippen LogP contribution in [0, 0.1) is 0 Å². The molecule has 0 amide bonds. The van der Waals surface area contributed by atoms with Crippen LogP contribution in [0.25, 0.3) is 5.70 Å². The second-order valence-corrected chi connectivity index (χ2v) is 7.79. The zero-order chi connectivity index (χ0) is 18.5. The Morgan fingerprint density at radius 1 is 0.964 bits per heavy atom. The van der Waals surface area contributed by atoms with Crippen LogP contribution in [0.5, 0.6) is 5.75 Å². The molecule has 4 aromatic rings. The summed E-state index contributed by atoms with van der Waals surface area (Å²) in [6.45, 7) is 0. The number of nitrogens with one attached hydrogen (secondary N) is 1. The molecular formula is C22H16N4OS. The molecule has 0 spiro atoms. The van der Waals surface area contributed by atoms with E-state index in [0.717, 1.165) is 34.1 Å². The van der Waals surface area contributed by atoms with Gasteiger partial charge in [-0.2, -0.15) is 10.1 Å². The van der Waals surface area contributed by atoms with Crippen LogP contribution in [0.1, 0.15) is 28.1 Å². The van der Waals surface area contributed by atoms with E-state index in [0.29, 0.717) is 0 Å². The summed E-state index contributed by atoms with van der Waals surface area (Å²) in [6, 6.07) is 22.7. The minimum Gasteiger partial charge on any atom is -0.480 e. The van der Waals surface area contributed by atoms with Crippen LogP contribution in [-0.2, 0) is 0 Å². The molecule has 0 unspecified atom stereocenters. The molecule has 6 heteroatoms. The van der Waals surface area contributed by atoms with E-state index >= 15 is 0 Å². The van der Waals surface area contributed by atoms with Gasteiger partial charge in [-0.3, -0.25) is 0 Å². The zero-order valence-electron chi connectivity index (χ0n) is 14.8. The number of fused-ring (bicyclic) bond motifs is 3. The summed E-state index contributed by atoms with van der Waals surface area (Å²) in [5.74, 6) is 1.63. The summed E-state index contributed by atoms with van der Waals surface area (Å²) in [5, 5.41) is 10.1. The standard InChI is InChI=1S/C22H16N4OS/c1-2-7-14(8-3-1)20-18-19(25-22-23-13-24-26(20)22)15-9-4-5-10-16(15)27-21(18)17-11-6-12-28-17/h1-13,20-21H,(H,23,24,25)/t20-,21-/m1/s1. The molecule has 0 fully saturated rings. The molecule has 2 aromatic heterocycles. The highest BCUT2D eigenvalue weighted by atomic mass is 32.1. The molecule has 1 N–H and O–H groups in total. The first-order valence-corrected chi connectivity index (χ1v) is 10.0. The van der Waals surface area contributed by atoms with E-state index in [1.165, 1.54) is 4.88 Å². The van der Waals surface area contributed by atoms with Crippen molar-refractivity contribution in [3.8, 4) is 5.75 Å². The van der Waals surface area contributed by atoms with Gasteiger partial charge in [0.05, 0.1) is 5.70 Å². The Labute approximate surface area is 165 Å². The molecule has 0 saturated heterocycles. The average molecular weight is 384 g/mol. The van der Waals surface area contributed by atoms with E-state index in [4.69, 9.17) is 4.74 Å². The van der Waals surface area contributed by atoms with Crippen LogP contribution in [0.3, 0.4) is 0 Å². The number of benzene rings is 2. The molecule has 2 aromatic carbocycles. The van der Waals surface area contributed by atoms with Crippen LogP contribution in [0.4, 0.5) is 5.95 Å². The molecular weight excluding hydrogens is 368 g/mol. The molecule has 0 aliphatic carbocycles. The Balaban J connectivity index is 1.65. The lowest BCUT2D eigenvalue weighted by atomic mass is 9.87. The number of para-hydroxylation sites is 1. The zero-order valence-corrected chi connectivity index (χ0v) is 15.6. The molecule has 28 heavy (non-hydrogen) atoms. The lowest BCUT2D eigenvalue weighted by Gasteiger charge is -2.38. The van der Waals surface area contributed by atoms with Gasteiger partial charge in [-0.15, -0.1) is 11.3 Å². The van der Waals surface area contributed by atoms with Gasteiger partial charge in [0.1, 0.15) is 18.1 Å². The van der Waals surface area contributed by atoms with Gasteiger partial charge in [-0.05, 0) is 29.1 Å². The van der Waals surface area contributed by atoms with Gasteiger partial charge in [-0.25, -0.2) is 4.68 Å². The lowest BCUT2D eigenvalue weighted by molar-refractivity contribution is 0.226. The first-order chi connectivity index (χ1) is 13.9. The first-order valence-electron chi connectivity index (χ1n) is 9.15. The highest BCUT2D eigenvalue weighted by molar-refractivity contribution is 7.10. The number of thiophene rings is 1. The summed E-state index contributed by atoms with van der Waals surface area (Å²) in [7, 11) is 0. The SMILES string of the molecule is c1ccc([C@@H]2C3=C(Nc4ncnn42)c2ccccc2O[C@@H]3c2cccs2)cc1. The summed E-state index contributed by atoms with van der Waals surface area (Å²) < 4.78 is 8.49. The van der Waals surface area contributed by atoms with Crippen molar-refractivity contribution in [1.29, 1.82) is 0 Å². The number of ether oxygens (including phenoxy) is 1. The minimum absolute atomic E-state index is 0.0876. The molecule has 2 atom stereocenters. The van der Waals surface area contributed by atoms with E-state index in [1.54, 1.807) is 17.7 Å². The molecule has 0 saturated carbocycles. The summed E-state index contributed by atoms with van der Waals surface area (Å²) in [5.41, 5.74) is 4.44. The van der Waals surface area contributed by atoms with Gasteiger partial charge in [0.15, 0.2) is 6.10 Å². The third-order valence-electron chi connectivity index (χ3n) is 5.24. The Kier molecular flexibility index (Phi) is 3.39. The smallest absolute Gasteiger partial charge is 0.226 e. The molecule has 136 valence electrons. The summed E-state index contributed by atoms with van der Waals surface area (Å²) >= 11 is 1.71. The van der Waals surface area contributed by atoms with Gasteiger partial charge in [0, 0.05) is 16.0 Å². The van der Waals surface area contributed by atoms with E-state index in [1.807, 2.05) is 28.9 Å². The minimum atomic E-state index is -0.181. The predicted molar refractivity (Wildman–Crippen MR) is 109 cm³/mol. The summed E-state index contributed by atoms with van der Waals surface area (Å²) in [6.07, 6.45) is 1.42. The quantitative estimate of drug-likeness (QED) is 0.534. The maximum atomic E-state index is 6.54. The van der Waals surface area contributed by atoms with Gasteiger partial charge in [0.25, 0.3) is 0 Å². The van der Waals surface area contributed by atoms with Crippen LogP contribution >= 0.6 is 11.3 Å².